The van der Waals surface area contributed by atoms with E-state index in [9.17, 15) is 0 Å². The molecule has 0 aliphatic rings. The Kier molecular flexibility index (Phi) is 7.84. The molecule has 0 radical (unpaired) electrons. The zero-order valence-electron chi connectivity index (χ0n) is 19.9. The zero-order valence-corrected chi connectivity index (χ0v) is 19.9. The second-order valence-corrected chi connectivity index (χ2v) is 9.73. The number of benzene rings is 3. The van der Waals surface area contributed by atoms with E-state index in [1.54, 1.807) is 9.80 Å². The summed E-state index contributed by atoms with van der Waals surface area (Å²) in [6.45, 7) is 6.91. The smallest absolute Gasteiger partial charge is 0.127 e. The highest BCUT2D eigenvalue weighted by Gasteiger charge is 2.19. The summed E-state index contributed by atoms with van der Waals surface area (Å²) in [6, 6.07) is 18.2. The number of rotatable bonds is 10. The molecule has 0 amide bonds. The molecule has 3 rings (SSSR count). The van der Waals surface area contributed by atoms with Crippen molar-refractivity contribution in [2.75, 3.05) is 68.5 Å². The maximum Gasteiger partial charge on any atom is 0.127 e. The van der Waals surface area contributed by atoms with Gasteiger partial charge < -0.3 is 19.6 Å². The summed E-state index contributed by atoms with van der Waals surface area (Å²) in [5.74, 6) is 0. The lowest BCUT2D eigenvalue weighted by Gasteiger charge is -2.22. The number of hydrogen-bond donors (Lipinski definition) is 4. The summed E-state index contributed by atoms with van der Waals surface area (Å²) < 4.78 is 0. The highest BCUT2D eigenvalue weighted by atomic mass is 15.2. The van der Waals surface area contributed by atoms with Crippen molar-refractivity contribution in [2.24, 2.45) is 0 Å². The molecule has 3 aromatic rings. The summed E-state index contributed by atoms with van der Waals surface area (Å²) >= 11 is 0. The summed E-state index contributed by atoms with van der Waals surface area (Å²) in [5, 5.41) is 5.75. The number of hydrogen-bond acceptors (Lipinski definition) is 0. The molecule has 4 heteroatoms. The van der Waals surface area contributed by atoms with Crippen LogP contribution in [0.1, 0.15) is 11.1 Å². The van der Waals surface area contributed by atoms with Crippen LogP contribution in [0, 0.1) is 0 Å². The standard InChI is InChI=1S/C26H38N4/c1-27(2)15-17-29(5)19-25-21-11-7-9-13-23(21)26(20-30(6)18-16-28(3)4)24-14-10-8-12-22(24)25/h7-14H,15-20H2,1-6H3/p+4. The van der Waals surface area contributed by atoms with E-state index >= 15 is 0 Å². The monoisotopic (exact) mass is 410 g/mol. The van der Waals surface area contributed by atoms with Gasteiger partial charge in [0.2, 0.25) is 0 Å². The van der Waals surface area contributed by atoms with Crippen LogP contribution >= 0.6 is 0 Å². The molecule has 30 heavy (non-hydrogen) atoms. The average Bonchev–Trinajstić information content (AvgIpc) is 2.73. The SMILES string of the molecule is C[NH+](C)CC[NH+](C)Cc1c2ccccc2c(C[NH+](C)CC[NH+](C)C)c2ccccc12. The highest BCUT2D eigenvalue weighted by Crippen LogP contribution is 2.32. The van der Waals surface area contributed by atoms with Gasteiger partial charge in [-0.1, -0.05) is 48.5 Å². The summed E-state index contributed by atoms with van der Waals surface area (Å²) in [5.41, 5.74) is 3.01. The van der Waals surface area contributed by atoms with Crippen molar-refractivity contribution in [1.29, 1.82) is 0 Å². The van der Waals surface area contributed by atoms with E-state index in [1.807, 2.05) is 0 Å². The van der Waals surface area contributed by atoms with Gasteiger partial charge >= 0.3 is 0 Å². The van der Waals surface area contributed by atoms with E-state index in [1.165, 1.54) is 68.7 Å². The first-order valence-corrected chi connectivity index (χ1v) is 11.5. The van der Waals surface area contributed by atoms with Crippen LogP contribution in [0.25, 0.3) is 21.5 Å². The molecule has 4 N–H and O–H groups in total. The van der Waals surface area contributed by atoms with Gasteiger partial charge in [0.1, 0.15) is 39.3 Å². The van der Waals surface area contributed by atoms with Crippen molar-refractivity contribution in [3.8, 4) is 0 Å². The fraction of sp³-hybridized carbons (Fsp3) is 0.462. The van der Waals surface area contributed by atoms with Crippen LogP contribution in [0.3, 0.4) is 0 Å². The first kappa shape index (κ1) is 22.7. The number of likely N-dealkylation sites (N-methyl/N-ethyl adjacent to an activating group) is 4. The lowest BCUT2D eigenvalue weighted by atomic mass is 9.91. The van der Waals surface area contributed by atoms with E-state index in [4.69, 9.17) is 0 Å². The molecule has 2 unspecified atom stereocenters. The van der Waals surface area contributed by atoms with Crippen LogP contribution in [-0.4, -0.2) is 68.5 Å². The maximum atomic E-state index is 2.34. The van der Waals surface area contributed by atoms with E-state index in [2.05, 4.69) is 90.8 Å². The quantitative estimate of drug-likeness (QED) is 0.286. The van der Waals surface area contributed by atoms with Gasteiger partial charge in [0.25, 0.3) is 0 Å². The van der Waals surface area contributed by atoms with Crippen LogP contribution in [0.4, 0.5) is 0 Å². The zero-order chi connectivity index (χ0) is 21.7. The molecule has 3 aromatic carbocycles. The molecule has 0 saturated carbocycles. The van der Waals surface area contributed by atoms with Gasteiger partial charge in [-0.2, -0.15) is 0 Å². The predicted molar refractivity (Wildman–Crippen MR) is 128 cm³/mol. The van der Waals surface area contributed by atoms with Crippen LogP contribution in [0.15, 0.2) is 48.5 Å². The van der Waals surface area contributed by atoms with E-state index in [0.717, 1.165) is 13.1 Å². The fourth-order valence-electron chi connectivity index (χ4n) is 4.40. The van der Waals surface area contributed by atoms with Gasteiger partial charge in [-0.15, -0.1) is 0 Å². The van der Waals surface area contributed by atoms with E-state index < -0.39 is 0 Å². The molecule has 162 valence electrons. The Morgan fingerprint density at radius 3 is 1.03 bits per heavy atom. The topological polar surface area (TPSA) is 17.8 Å². The maximum absolute atomic E-state index is 2.34. The predicted octanol–water partition coefficient (Wildman–Crippen LogP) is -1.69. The lowest BCUT2D eigenvalue weighted by Crippen LogP contribution is -3.15. The minimum Gasteiger partial charge on any atom is -0.335 e. The Balaban J connectivity index is 2.04. The van der Waals surface area contributed by atoms with Gasteiger partial charge in [0.05, 0.1) is 42.3 Å². The molecule has 0 fully saturated rings. The minimum atomic E-state index is 1.07. The number of nitrogens with one attached hydrogen (secondary N) is 4. The molecular formula is C26H42N4+4. The van der Waals surface area contributed by atoms with Gasteiger partial charge in [-0.3, -0.25) is 0 Å². The molecule has 0 bridgehead atoms. The summed E-state index contributed by atoms with van der Waals surface area (Å²) in [7, 11) is 13.6. The fourth-order valence-corrected chi connectivity index (χ4v) is 4.40. The second kappa shape index (κ2) is 10.4. The van der Waals surface area contributed by atoms with Crippen molar-refractivity contribution >= 4 is 21.5 Å². The third kappa shape index (κ3) is 5.58. The molecule has 4 nitrogen and oxygen atoms in total. The Hall–Kier alpha value is -1.98. The molecule has 0 heterocycles. The second-order valence-electron chi connectivity index (χ2n) is 9.73. The normalized spacial score (nSPS) is 14.1. The van der Waals surface area contributed by atoms with Crippen molar-refractivity contribution in [3.05, 3.63) is 59.7 Å². The molecular weight excluding hydrogens is 368 g/mol. The van der Waals surface area contributed by atoms with Crippen LogP contribution in [0.2, 0.25) is 0 Å². The molecule has 0 aromatic heterocycles. The van der Waals surface area contributed by atoms with Crippen molar-refractivity contribution in [2.45, 2.75) is 13.1 Å². The summed E-state index contributed by atoms with van der Waals surface area (Å²) in [6.07, 6.45) is 0. The molecule has 0 spiro atoms. The Morgan fingerprint density at radius 2 is 0.767 bits per heavy atom. The van der Waals surface area contributed by atoms with Gasteiger partial charge in [-0.05, 0) is 21.5 Å². The van der Waals surface area contributed by atoms with Crippen LogP contribution in [-0.2, 0) is 13.1 Å². The molecule has 2 atom stereocenters. The lowest BCUT2D eigenvalue weighted by molar-refractivity contribution is -0.937. The highest BCUT2D eigenvalue weighted by molar-refractivity contribution is 6.05. The van der Waals surface area contributed by atoms with E-state index in [-0.39, 0.29) is 0 Å². The summed E-state index contributed by atoms with van der Waals surface area (Å²) in [4.78, 5) is 6.20. The minimum absolute atomic E-state index is 1.07. The van der Waals surface area contributed by atoms with Crippen molar-refractivity contribution in [3.63, 3.8) is 0 Å². The third-order valence-corrected chi connectivity index (χ3v) is 6.22. The van der Waals surface area contributed by atoms with Crippen LogP contribution < -0.4 is 19.6 Å². The van der Waals surface area contributed by atoms with Crippen LogP contribution in [0.5, 0.6) is 0 Å². The van der Waals surface area contributed by atoms with Crippen molar-refractivity contribution < 1.29 is 19.6 Å². The third-order valence-electron chi connectivity index (χ3n) is 6.22. The van der Waals surface area contributed by atoms with Crippen molar-refractivity contribution in [1.82, 2.24) is 0 Å². The van der Waals surface area contributed by atoms with Gasteiger partial charge in [0, 0.05) is 11.1 Å². The number of fused-ring (bicyclic) bond motifs is 2. The Labute approximate surface area is 182 Å². The average molecular weight is 411 g/mol. The first-order valence-electron chi connectivity index (χ1n) is 11.5. The van der Waals surface area contributed by atoms with E-state index in [0.29, 0.717) is 0 Å². The first-order chi connectivity index (χ1) is 14.4. The molecule has 0 saturated heterocycles. The van der Waals surface area contributed by atoms with Gasteiger partial charge in [0.15, 0.2) is 0 Å². The largest absolute Gasteiger partial charge is 0.335 e. The number of quaternary nitrogens is 4. The Morgan fingerprint density at radius 1 is 0.467 bits per heavy atom. The molecule has 0 aliphatic heterocycles. The van der Waals surface area contributed by atoms with Gasteiger partial charge in [-0.25, -0.2) is 0 Å². The molecule has 0 aliphatic carbocycles. The Bertz CT molecular complexity index is 829.